The number of pyridine rings is 1. The molecule has 0 radical (unpaired) electrons. The highest BCUT2D eigenvalue weighted by Gasteiger charge is 2.29. The van der Waals surface area contributed by atoms with Crippen LogP contribution in [0.15, 0.2) is 375 Å². The Bertz CT molecular complexity index is 8560. The maximum absolute atomic E-state index is 6.36. The molecular weight excluding hydrogens is 1610 g/mol. The van der Waals surface area contributed by atoms with Crippen molar-refractivity contribution in [3.05, 3.63) is 404 Å². The number of thiophene rings is 3. The zero-order valence-corrected chi connectivity index (χ0v) is 70.3. The second-order valence-corrected chi connectivity index (χ2v) is 35.4. The highest BCUT2D eigenvalue weighted by atomic mass is 32.1. The molecule has 0 atom stereocenters. The standard InChI is InChI=1S/2C39H24N4S.C34H19N3OS/c1-2-9-26(10-3-1)39-42-35(38-37(43-39)31-15-6-7-16-33(31)44-38)25-19-17-24(18-20-25)27-12-8-13-29(21-27)34-32-22-28-11-4-5-14-30(28)36(32)41-23-40-34;1-2-8-28(9-3-1)39-42-35(38-37(43-39)31-12-6-7-13-33(31)44-38)27-20-16-25(17-21-27)24-14-18-26(19-15-24)34-32-22-29-10-4-5-11-30(29)36(32)41-23-40-34;1-2-6-22-19(5-1)15-27-31(36-18-37-33(22)27)21-9-11-23-26-16-20(10-12-28(26)38-29(23)17-21)32-34-25(13-14-35-32)24-7-3-4-8-30(24)39-34/h2*1-21,23H,22H2;1-14,16-18H,15H2. The summed E-state index contributed by atoms with van der Waals surface area (Å²) in [7, 11) is 0. The Morgan fingerprint density at radius 3 is 1.11 bits per heavy atom. The lowest BCUT2D eigenvalue weighted by Crippen LogP contribution is -1.95. The van der Waals surface area contributed by atoms with Crippen LogP contribution in [-0.4, -0.2) is 54.8 Å². The third-order valence-corrected chi connectivity index (χ3v) is 28.4. The van der Waals surface area contributed by atoms with Crippen molar-refractivity contribution < 1.29 is 4.42 Å². The van der Waals surface area contributed by atoms with Crippen molar-refractivity contribution in [2.24, 2.45) is 0 Å². The van der Waals surface area contributed by atoms with Crippen molar-refractivity contribution in [3.8, 4) is 146 Å². The van der Waals surface area contributed by atoms with Crippen LogP contribution in [-0.2, 0) is 19.3 Å². The Labute approximate surface area is 740 Å². The monoisotopic (exact) mass is 1680 g/mol. The molecule has 0 fully saturated rings. The Morgan fingerprint density at radius 2 is 0.591 bits per heavy atom. The smallest absolute Gasteiger partial charge is 0.160 e. The van der Waals surface area contributed by atoms with E-state index < -0.39 is 0 Å². The second kappa shape index (κ2) is 30.5. The van der Waals surface area contributed by atoms with Crippen LogP contribution in [0.5, 0.6) is 0 Å². The first-order valence-corrected chi connectivity index (χ1v) is 44.8. The van der Waals surface area contributed by atoms with Gasteiger partial charge in [-0.2, -0.15) is 0 Å². The molecule has 3 aliphatic rings. The average Bonchev–Trinajstić information content (AvgIpc) is 1.65. The average molecular weight is 1680 g/mol. The molecule has 127 heavy (non-hydrogen) atoms. The van der Waals surface area contributed by atoms with Crippen molar-refractivity contribution in [1.82, 2.24) is 54.8 Å². The first kappa shape index (κ1) is 73.8. The van der Waals surface area contributed by atoms with Gasteiger partial charge in [-0.15, -0.1) is 34.0 Å². The van der Waals surface area contributed by atoms with E-state index in [-0.39, 0.29) is 0 Å². The van der Waals surface area contributed by atoms with Crippen LogP contribution in [0.2, 0.25) is 0 Å². The van der Waals surface area contributed by atoms with Crippen molar-refractivity contribution >= 4 is 117 Å². The third kappa shape index (κ3) is 12.9. The summed E-state index contributed by atoms with van der Waals surface area (Å²) in [5.41, 5.74) is 37.1. The molecule has 0 spiro atoms. The number of benzene rings is 14. The summed E-state index contributed by atoms with van der Waals surface area (Å²) in [6.07, 6.45) is 9.54. The fraction of sp³-hybridized carbons (Fsp3) is 0.0268. The molecule has 24 aromatic rings. The van der Waals surface area contributed by atoms with Gasteiger partial charge in [-0.3, -0.25) is 4.98 Å². The largest absolute Gasteiger partial charge is 0.456 e. The lowest BCUT2D eigenvalue weighted by molar-refractivity contribution is 0.669. The van der Waals surface area contributed by atoms with E-state index in [1.54, 1.807) is 53.0 Å². The Balaban J connectivity index is 0.000000104. The lowest BCUT2D eigenvalue weighted by Gasteiger charge is -2.10. The summed E-state index contributed by atoms with van der Waals surface area (Å²) in [6, 6.07) is 121. The van der Waals surface area contributed by atoms with Crippen molar-refractivity contribution in [2.75, 3.05) is 0 Å². The van der Waals surface area contributed by atoms with Gasteiger partial charge >= 0.3 is 0 Å². The van der Waals surface area contributed by atoms with Crippen LogP contribution in [0.3, 0.4) is 0 Å². The van der Waals surface area contributed by atoms with Gasteiger partial charge in [0.2, 0.25) is 0 Å². The summed E-state index contributed by atoms with van der Waals surface area (Å²) < 4.78 is 13.5. The highest BCUT2D eigenvalue weighted by Crippen LogP contribution is 2.48. The molecule has 3 aliphatic carbocycles. The molecular formula is C112H67N11OS3. The van der Waals surface area contributed by atoms with E-state index in [0.717, 1.165) is 191 Å². The number of aromatic nitrogens is 11. The third-order valence-electron chi connectivity index (χ3n) is 24.8. The fourth-order valence-corrected chi connectivity index (χ4v) is 22.2. The summed E-state index contributed by atoms with van der Waals surface area (Å²) in [4.78, 5) is 53.2. The number of rotatable bonds is 10. The Morgan fingerprint density at radius 1 is 0.213 bits per heavy atom. The number of hydrogen-bond donors (Lipinski definition) is 0. The number of hydrogen-bond acceptors (Lipinski definition) is 15. The van der Waals surface area contributed by atoms with Gasteiger partial charge in [-0.1, -0.05) is 285 Å². The van der Waals surface area contributed by atoms with E-state index >= 15 is 0 Å². The summed E-state index contributed by atoms with van der Waals surface area (Å²) >= 11 is 5.31. The van der Waals surface area contributed by atoms with Gasteiger partial charge in [0.15, 0.2) is 11.6 Å². The van der Waals surface area contributed by atoms with Gasteiger partial charge in [0.1, 0.15) is 30.1 Å². The number of furan rings is 1. The van der Waals surface area contributed by atoms with Crippen LogP contribution in [0.25, 0.3) is 229 Å². The quantitative estimate of drug-likeness (QED) is 0.128. The summed E-state index contributed by atoms with van der Waals surface area (Å²) in [5.74, 6) is 1.49. The molecule has 0 saturated heterocycles. The van der Waals surface area contributed by atoms with E-state index in [9.17, 15) is 0 Å². The zero-order valence-electron chi connectivity index (χ0n) is 67.9. The maximum Gasteiger partial charge on any atom is 0.160 e. The molecule has 14 aromatic carbocycles. The van der Waals surface area contributed by atoms with Crippen molar-refractivity contribution in [1.29, 1.82) is 0 Å². The van der Waals surface area contributed by atoms with E-state index in [1.165, 1.54) is 90.4 Å². The van der Waals surface area contributed by atoms with Crippen LogP contribution in [0.4, 0.5) is 0 Å². The van der Waals surface area contributed by atoms with Gasteiger partial charge in [0, 0.05) is 150 Å². The molecule has 0 N–H and O–H groups in total. The molecule has 0 amide bonds. The van der Waals surface area contributed by atoms with Gasteiger partial charge in [-0.05, 0) is 99.6 Å². The predicted octanol–water partition coefficient (Wildman–Crippen LogP) is 28.8. The van der Waals surface area contributed by atoms with Crippen LogP contribution in [0.1, 0.15) is 33.4 Å². The van der Waals surface area contributed by atoms with Gasteiger partial charge in [-0.25, -0.2) is 49.8 Å². The molecule has 15 heteroatoms. The molecule has 0 unspecified atom stereocenters. The predicted molar refractivity (Wildman–Crippen MR) is 520 cm³/mol. The fourth-order valence-electron chi connectivity index (χ4n) is 18.7. The minimum atomic E-state index is 0.743. The van der Waals surface area contributed by atoms with E-state index in [4.69, 9.17) is 44.3 Å². The minimum absolute atomic E-state index is 0.743. The number of fused-ring (bicyclic) bond motifs is 21. The van der Waals surface area contributed by atoms with E-state index in [1.807, 2.05) is 42.6 Å². The first-order valence-electron chi connectivity index (χ1n) is 42.3. The lowest BCUT2D eigenvalue weighted by atomic mass is 9.97. The zero-order chi connectivity index (χ0) is 83.6. The summed E-state index contributed by atoms with van der Waals surface area (Å²) in [5, 5.41) is 7.05. The molecule has 10 heterocycles. The van der Waals surface area contributed by atoms with Crippen LogP contribution >= 0.6 is 34.0 Å². The van der Waals surface area contributed by atoms with E-state index in [2.05, 4.69) is 324 Å². The van der Waals surface area contributed by atoms with Gasteiger partial charge < -0.3 is 4.42 Å². The molecule has 594 valence electrons. The Hall–Kier alpha value is -15.9. The SMILES string of the molecule is c1ccc(-c2nc(-c3ccc(-c4ccc(-c5ncnc6c5Cc5ccccc5-6)cc4)cc3)c3sc4ccccc4c3n2)cc1.c1ccc(-c2nc(-c3ccc(-c4cccc(-c5ncnc6c5Cc5ccccc5-6)c4)cc3)c3sc4ccccc4c3n2)cc1.c1ccc2c(c1)Cc1c(-c3ccc4c(c3)oc3ccc(-c5nccc6c5sc5ccccc56)cc34)ncnc1-2. The number of nitrogens with zero attached hydrogens (tertiary/aromatic N) is 11. The second-order valence-electron chi connectivity index (χ2n) is 32.2. The normalized spacial score (nSPS) is 12.2. The molecule has 27 rings (SSSR count). The summed E-state index contributed by atoms with van der Waals surface area (Å²) in [6.45, 7) is 0. The van der Waals surface area contributed by atoms with Gasteiger partial charge in [0.25, 0.3) is 0 Å². The first-order chi connectivity index (χ1) is 62.9. The van der Waals surface area contributed by atoms with Crippen molar-refractivity contribution in [3.63, 3.8) is 0 Å². The molecule has 0 bridgehead atoms. The van der Waals surface area contributed by atoms with Crippen molar-refractivity contribution in [2.45, 2.75) is 19.3 Å². The molecule has 0 saturated carbocycles. The molecule has 0 aliphatic heterocycles. The molecule has 12 nitrogen and oxygen atoms in total. The molecule has 10 aromatic heterocycles. The minimum Gasteiger partial charge on any atom is -0.456 e. The maximum atomic E-state index is 6.36. The van der Waals surface area contributed by atoms with Gasteiger partial charge in [0.05, 0.1) is 76.4 Å². The van der Waals surface area contributed by atoms with Crippen LogP contribution in [0, 0.1) is 0 Å². The highest BCUT2D eigenvalue weighted by molar-refractivity contribution is 7.27. The Kier molecular flexibility index (Phi) is 17.7. The van der Waals surface area contributed by atoms with E-state index in [0.29, 0.717) is 0 Å². The van der Waals surface area contributed by atoms with Crippen LogP contribution < -0.4 is 0 Å². The topological polar surface area (TPSA) is 155 Å².